The van der Waals surface area contributed by atoms with Crippen LogP contribution in [0, 0.1) is 0 Å². The van der Waals surface area contributed by atoms with Crippen LogP contribution in [0.2, 0.25) is 0 Å². The summed E-state index contributed by atoms with van der Waals surface area (Å²) >= 11 is 5.30. The third kappa shape index (κ3) is 3.92. The van der Waals surface area contributed by atoms with Crippen LogP contribution in [-0.4, -0.2) is 12.4 Å². The molecule has 0 fully saturated rings. The molecule has 0 aliphatic carbocycles. The maximum absolute atomic E-state index is 10.6. The average molecular weight is 227 g/mol. The molecule has 0 heterocycles. The minimum Gasteiger partial charge on any atom is -0.497 e. The van der Waals surface area contributed by atoms with Gasteiger partial charge in [0.05, 0.1) is 7.11 Å². The quantitative estimate of drug-likeness (QED) is 0.720. The minimum absolute atomic E-state index is 0.268. The zero-order valence-electron chi connectivity index (χ0n) is 9.00. The monoisotopic (exact) mass is 226 g/mol. The van der Waals surface area contributed by atoms with Crippen LogP contribution in [0.4, 0.5) is 0 Å². The number of hydrogen-bond acceptors (Lipinski definition) is 2. The van der Waals surface area contributed by atoms with Gasteiger partial charge in [-0.3, -0.25) is 4.79 Å². The molecule has 15 heavy (non-hydrogen) atoms. The fourth-order valence-electron chi connectivity index (χ4n) is 1.43. The molecule has 82 valence electrons. The van der Waals surface area contributed by atoms with Crippen LogP contribution in [0.3, 0.4) is 0 Å². The first-order valence-electron chi connectivity index (χ1n) is 4.95. The molecule has 1 rings (SSSR count). The Balaban J connectivity index is 2.57. The van der Waals surface area contributed by atoms with Crippen molar-refractivity contribution >= 4 is 16.8 Å². The van der Waals surface area contributed by atoms with Crippen LogP contribution in [0.15, 0.2) is 24.3 Å². The second kappa shape index (κ2) is 5.76. The molecular weight excluding hydrogens is 212 g/mol. The van der Waals surface area contributed by atoms with Crippen LogP contribution in [0.25, 0.3) is 0 Å². The largest absolute Gasteiger partial charge is 0.497 e. The Bertz CT molecular complexity index is 319. The maximum Gasteiger partial charge on any atom is 0.221 e. The smallest absolute Gasteiger partial charge is 0.221 e. The van der Waals surface area contributed by atoms with Gasteiger partial charge in [-0.15, -0.1) is 0 Å². The SMILES string of the molecule is COc1ccc(C(C)CCC(=O)Cl)cc1. The van der Waals surface area contributed by atoms with Gasteiger partial charge < -0.3 is 4.74 Å². The van der Waals surface area contributed by atoms with E-state index in [1.54, 1.807) is 7.11 Å². The molecule has 0 radical (unpaired) electrons. The number of benzene rings is 1. The summed E-state index contributed by atoms with van der Waals surface area (Å²) in [5.41, 5.74) is 1.20. The summed E-state index contributed by atoms with van der Waals surface area (Å²) in [4.78, 5) is 10.6. The Morgan fingerprint density at radius 2 is 2.00 bits per heavy atom. The Kier molecular flexibility index (Phi) is 4.63. The van der Waals surface area contributed by atoms with Gasteiger partial charge in [0.1, 0.15) is 5.75 Å². The number of carbonyl (C=O) groups excluding carboxylic acids is 1. The molecule has 0 bridgehead atoms. The molecule has 0 saturated heterocycles. The van der Waals surface area contributed by atoms with Crippen LogP contribution in [0.5, 0.6) is 5.75 Å². The number of methoxy groups -OCH3 is 1. The van der Waals surface area contributed by atoms with E-state index >= 15 is 0 Å². The molecule has 0 N–H and O–H groups in total. The van der Waals surface area contributed by atoms with Crippen LogP contribution in [-0.2, 0) is 4.79 Å². The fraction of sp³-hybridized carbons (Fsp3) is 0.417. The number of hydrogen-bond donors (Lipinski definition) is 0. The molecule has 3 heteroatoms. The van der Waals surface area contributed by atoms with E-state index in [-0.39, 0.29) is 5.24 Å². The highest BCUT2D eigenvalue weighted by Crippen LogP contribution is 2.23. The van der Waals surface area contributed by atoms with E-state index in [9.17, 15) is 4.79 Å². The molecule has 1 aromatic carbocycles. The Labute approximate surface area is 95.2 Å². The summed E-state index contributed by atoms with van der Waals surface area (Å²) in [5, 5.41) is -0.268. The van der Waals surface area contributed by atoms with Gasteiger partial charge >= 0.3 is 0 Å². The highest BCUT2D eigenvalue weighted by Gasteiger charge is 2.07. The van der Waals surface area contributed by atoms with Crippen molar-refractivity contribution in [3.8, 4) is 5.75 Å². The Hall–Kier alpha value is -1.02. The lowest BCUT2D eigenvalue weighted by atomic mass is 9.96. The lowest BCUT2D eigenvalue weighted by molar-refractivity contribution is -0.111. The van der Waals surface area contributed by atoms with Gasteiger partial charge in [0.2, 0.25) is 5.24 Å². The van der Waals surface area contributed by atoms with Gasteiger partial charge in [0, 0.05) is 6.42 Å². The molecule has 0 saturated carbocycles. The zero-order valence-corrected chi connectivity index (χ0v) is 9.75. The normalized spacial score (nSPS) is 12.2. The van der Waals surface area contributed by atoms with E-state index in [2.05, 4.69) is 6.92 Å². The standard InChI is InChI=1S/C12H15ClO2/c1-9(3-8-12(13)14)10-4-6-11(15-2)7-5-10/h4-7,9H,3,8H2,1-2H3. The van der Waals surface area contributed by atoms with E-state index < -0.39 is 0 Å². The Morgan fingerprint density at radius 1 is 1.40 bits per heavy atom. The van der Waals surface area contributed by atoms with Crippen LogP contribution >= 0.6 is 11.6 Å². The van der Waals surface area contributed by atoms with E-state index in [1.807, 2.05) is 24.3 Å². The molecule has 0 amide bonds. The lowest BCUT2D eigenvalue weighted by Crippen LogP contribution is -1.96. The van der Waals surface area contributed by atoms with Gasteiger partial charge in [0.15, 0.2) is 0 Å². The van der Waals surface area contributed by atoms with Gasteiger partial charge in [0.25, 0.3) is 0 Å². The molecule has 0 aliphatic rings. The van der Waals surface area contributed by atoms with Crippen molar-refractivity contribution in [2.45, 2.75) is 25.7 Å². The van der Waals surface area contributed by atoms with Crippen molar-refractivity contribution in [1.29, 1.82) is 0 Å². The summed E-state index contributed by atoms with van der Waals surface area (Å²) in [6, 6.07) is 7.88. The average Bonchev–Trinajstić information content (AvgIpc) is 2.26. The van der Waals surface area contributed by atoms with Crippen molar-refractivity contribution in [3.63, 3.8) is 0 Å². The van der Waals surface area contributed by atoms with Gasteiger partial charge in [-0.25, -0.2) is 0 Å². The summed E-state index contributed by atoms with van der Waals surface area (Å²) < 4.78 is 5.07. The summed E-state index contributed by atoms with van der Waals surface area (Å²) in [5.74, 6) is 1.19. The number of carbonyl (C=O) groups is 1. The summed E-state index contributed by atoms with van der Waals surface area (Å²) in [6.07, 6.45) is 1.21. The number of ether oxygens (including phenoxy) is 1. The number of rotatable bonds is 5. The third-order valence-electron chi connectivity index (χ3n) is 2.46. The van der Waals surface area contributed by atoms with Crippen molar-refractivity contribution < 1.29 is 9.53 Å². The van der Waals surface area contributed by atoms with Gasteiger partial charge in [-0.1, -0.05) is 19.1 Å². The molecular formula is C12H15ClO2. The zero-order chi connectivity index (χ0) is 11.3. The van der Waals surface area contributed by atoms with Crippen molar-refractivity contribution in [2.75, 3.05) is 7.11 Å². The van der Waals surface area contributed by atoms with E-state index in [0.29, 0.717) is 12.3 Å². The third-order valence-corrected chi connectivity index (χ3v) is 2.65. The highest BCUT2D eigenvalue weighted by atomic mass is 35.5. The van der Waals surface area contributed by atoms with E-state index in [4.69, 9.17) is 16.3 Å². The summed E-state index contributed by atoms with van der Waals surface area (Å²) in [7, 11) is 1.64. The molecule has 1 aromatic rings. The highest BCUT2D eigenvalue weighted by molar-refractivity contribution is 6.63. The molecule has 1 atom stereocenters. The van der Waals surface area contributed by atoms with Crippen LogP contribution in [0.1, 0.15) is 31.2 Å². The topological polar surface area (TPSA) is 26.3 Å². The second-order valence-corrected chi connectivity index (χ2v) is 3.99. The predicted octanol–water partition coefficient (Wildman–Crippen LogP) is 3.34. The van der Waals surface area contributed by atoms with Crippen molar-refractivity contribution in [2.24, 2.45) is 0 Å². The molecule has 0 aliphatic heterocycles. The lowest BCUT2D eigenvalue weighted by Gasteiger charge is -2.10. The predicted molar refractivity (Wildman–Crippen MR) is 61.5 cm³/mol. The van der Waals surface area contributed by atoms with E-state index in [0.717, 1.165) is 12.2 Å². The molecule has 2 nitrogen and oxygen atoms in total. The Morgan fingerprint density at radius 3 is 2.47 bits per heavy atom. The number of halogens is 1. The molecule has 0 aromatic heterocycles. The first kappa shape index (κ1) is 12.1. The van der Waals surface area contributed by atoms with E-state index in [1.165, 1.54) is 5.56 Å². The van der Waals surface area contributed by atoms with Crippen molar-refractivity contribution in [3.05, 3.63) is 29.8 Å². The van der Waals surface area contributed by atoms with Gasteiger partial charge in [-0.05, 0) is 41.6 Å². The van der Waals surface area contributed by atoms with Crippen molar-refractivity contribution in [1.82, 2.24) is 0 Å². The first-order valence-corrected chi connectivity index (χ1v) is 5.33. The maximum atomic E-state index is 10.6. The van der Waals surface area contributed by atoms with Crippen LogP contribution < -0.4 is 4.74 Å². The second-order valence-electron chi connectivity index (χ2n) is 3.57. The van der Waals surface area contributed by atoms with Gasteiger partial charge in [-0.2, -0.15) is 0 Å². The summed E-state index contributed by atoms with van der Waals surface area (Å²) in [6.45, 7) is 2.08. The fourth-order valence-corrected chi connectivity index (χ4v) is 1.54. The first-order chi connectivity index (χ1) is 7.13. The minimum atomic E-state index is -0.268. The molecule has 1 unspecified atom stereocenters. The molecule has 0 spiro atoms.